The lowest BCUT2D eigenvalue weighted by Gasteiger charge is -2.29. The zero-order valence-electron chi connectivity index (χ0n) is 20.8. The molecule has 5 rings (SSSR count). The molecule has 2 aromatic carbocycles. The first-order chi connectivity index (χ1) is 17.5. The molecule has 184 valence electrons. The van der Waals surface area contributed by atoms with Gasteiger partial charge in [-0.3, -0.25) is 9.36 Å². The van der Waals surface area contributed by atoms with Gasteiger partial charge < -0.3 is 5.11 Å². The van der Waals surface area contributed by atoms with E-state index in [1.165, 1.54) is 6.33 Å². The lowest BCUT2D eigenvalue weighted by atomic mass is 9.89. The van der Waals surface area contributed by atoms with E-state index in [-0.39, 0.29) is 23.6 Å². The summed E-state index contributed by atoms with van der Waals surface area (Å²) >= 11 is 0. The summed E-state index contributed by atoms with van der Waals surface area (Å²) in [6.07, 6.45) is 5.71. The molecule has 2 heterocycles. The molecule has 1 saturated carbocycles. The van der Waals surface area contributed by atoms with Gasteiger partial charge in [0.1, 0.15) is 6.33 Å². The van der Waals surface area contributed by atoms with Gasteiger partial charge in [0.25, 0.3) is 5.56 Å². The number of rotatable bonds is 6. The first-order valence-corrected chi connectivity index (χ1v) is 12.8. The van der Waals surface area contributed by atoms with Gasteiger partial charge in [0.2, 0.25) is 5.78 Å². The summed E-state index contributed by atoms with van der Waals surface area (Å²) in [6.45, 7) is 4.18. The van der Waals surface area contributed by atoms with E-state index in [4.69, 9.17) is 0 Å². The van der Waals surface area contributed by atoms with Crippen LogP contribution in [0.1, 0.15) is 80.3 Å². The third-order valence-electron chi connectivity index (χ3n) is 7.48. The van der Waals surface area contributed by atoms with Crippen molar-refractivity contribution in [1.82, 2.24) is 19.2 Å². The fourth-order valence-corrected chi connectivity index (χ4v) is 5.56. The molecule has 1 aliphatic carbocycles. The molecule has 0 spiro atoms. The summed E-state index contributed by atoms with van der Waals surface area (Å²) < 4.78 is 3.67. The number of fused-ring (bicyclic) bond motifs is 1. The van der Waals surface area contributed by atoms with Crippen LogP contribution in [-0.4, -0.2) is 30.4 Å². The number of hydrogen-bond donors (Lipinski definition) is 1. The second-order valence-electron chi connectivity index (χ2n) is 9.72. The highest BCUT2D eigenvalue weighted by molar-refractivity contribution is 5.70. The fraction of sp³-hybridized carbons (Fsp3) is 0.379. The Hall–Kier alpha value is -3.76. The molecular formula is C29H31N5O2. The van der Waals surface area contributed by atoms with Gasteiger partial charge in [0.05, 0.1) is 23.4 Å². The van der Waals surface area contributed by atoms with Gasteiger partial charge in [-0.2, -0.15) is 15.3 Å². The standard InChI is InChI=1S/C29H31N5O2/c1-3-6-26-27(19(2)20-9-11-21(12-10-20)25-8-5-4-7-22(25)17-30)28(36)33(29-31-18-32-34(26)29)23-13-15-24(35)16-14-23/h4-5,7-12,18-19,23-24,35H,3,6,13-16H2,1-2H3/t19?,23-,24-. The Bertz CT molecular complexity index is 1470. The minimum absolute atomic E-state index is 0.000846. The summed E-state index contributed by atoms with van der Waals surface area (Å²) in [6, 6.07) is 18.0. The molecule has 1 fully saturated rings. The van der Waals surface area contributed by atoms with Gasteiger partial charge in [-0.1, -0.05) is 62.7 Å². The highest BCUT2D eigenvalue weighted by Crippen LogP contribution is 2.32. The first kappa shape index (κ1) is 24.0. The van der Waals surface area contributed by atoms with E-state index in [0.717, 1.165) is 53.6 Å². The van der Waals surface area contributed by atoms with E-state index < -0.39 is 0 Å². The highest BCUT2D eigenvalue weighted by Gasteiger charge is 2.29. The maximum atomic E-state index is 14.1. The Kier molecular flexibility index (Phi) is 6.71. The minimum atomic E-state index is -0.298. The van der Waals surface area contributed by atoms with Gasteiger partial charge in [-0.05, 0) is 54.9 Å². The average Bonchev–Trinajstić information content (AvgIpc) is 3.39. The Morgan fingerprint density at radius 2 is 1.83 bits per heavy atom. The van der Waals surface area contributed by atoms with Gasteiger partial charge in [0, 0.05) is 17.5 Å². The molecule has 1 atom stereocenters. The lowest BCUT2D eigenvalue weighted by Crippen LogP contribution is -2.35. The number of aromatic nitrogens is 4. The molecule has 4 aromatic rings. The molecule has 2 aromatic heterocycles. The van der Waals surface area contributed by atoms with Gasteiger partial charge in [-0.15, -0.1) is 0 Å². The van der Waals surface area contributed by atoms with Crippen molar-refractivity contribution in [2.75, 3.05) is 0 Å². The predicted molar refractivity (Wildman–Crippen MR) is 139 cm³/mol. The Balaban J connectivity index is 1.61. The molecule has 1 aliphatic rings. The van der Waals surface area contributed by atoms with Crippen molar-refractivity contribution in [3.63, 3.8) is 0 Å². The monoisotopic (exact) mass is 481 g/mol. The second-order valence-corrected chi connectivity index (χ2v) is 9.72. The molecule has 7 heteroatoms. The molecule has 0 bridgehead atoms. The van der Waals surface area contributed by atoms with E-state index >= 15 is 0 Å². The van der Waals surface area contributed by atoms with Gasteiger partial charge >= 0.3 is 0 Å². The molecule has 36 heavy (non-hydrogen) atoms. The van der Waals surface area contributed by atoms with Crippen molar-refractivity contribution in [3.8, 4) is 17.2 Å². The predicted octanol–water partition coefficient (Wildman–Crippen LogP) is 5.01. The van der Waals surface area contributed by atoms with Crippen molar-refractivity contribution >= 4 is 5.78 Å². The Morgan fingerprint density at radius 3 is 2.53 bits per heavy atom. The lowest BCUT2D eigenvalue weighted by molar-refractivity contribution is 0.110. The van der Waals surface area contributed by atoms with Crippen LogP contribution in [0, 0.1) is 11.3 Å². The second kappa shape index (κ2) is 10.1. The zero-order chi connectivity index (χ0) is 25.2. The van der Waals surface area contributed by atoms with Crippen LogP contribution in [0.4, 0.5) is 0 Å². The number of aliphatic hydroxyl groups is 1. The van der Waals surface area contributed by atoms with Crippen LogP contribution in [0.15, 0.2) is 59.7 Å². The minimum Gasteiger partial charge on any atom is -0.393 e. The molecule has 0 radical (unpaired) electrons. The van der Waals surface area contributed by atoms with Crippen LogP contribution < -0.4 is 5.56 Å². The normalized spacial score (nSPS) is 18.7. The fourth-order valence-electron chi connectivity index (χ4n) is 5.56. The Labute approximate surface area is 210 Å². The smallest absolute Gasteiger partial charge is 0.259 e. The van der Waals surface area contributed by atoms with Crippen molar-refractivity contribution in [1.29, 1.82) is 5.26 Å². The molecule has 0 aliphatic heterocycles. The summed E-state index contributed by atoms with van der Waals surface area (Å²) in [5.41, 5.74) is 5.21. The topological polar surface area (TPSA) is 96.2 Å². The first-order valence-electron chi connectivity index (χ1n) is 12.8. The van der Waals surface area contributed by atoms with Crippen molar-refractivity contribution in [2.45, 2.75) is 70.4 Å². The number of benzene rings is 2. The number of nitriles is 1. The molecule has 1 unspecified atom stereocenters. The number of aliphatic hydroxyl groups excluding tert-OH is 1. The van der Waals surface area contributed by atoms with Gasteiger partial charge in [0.15, 0.2) is 0 Å². The summed E-state index contributed by atoms with van der Waals surface area (Å²) in [7, 11) is 0. The molecular weight excluding hydrogens is 450 g/mol. The van der Waals surface area contributed by atoms with Crippen molar-refractivity contribution < 1.29 is 5.11 Å². The van der Waals surface area contributed by atoms with E-state index in [0.29, 0.717) is 24.2 Å². The number of aryl methyl sites for hydroxylation is 1. The molecule has 1 N–H and O–H groups in total. The van der Waals surface area contributed by atoms with Gasteiger partial charge in [-0.25, -0.2) is 4.52 Å². The van der Waals surface area contributed by atoms with Crippen LogP contribution in [0.2, 0.25) is 0 Å². The summed E-state index contributed by atoms with van der Waals surface area (Å²) in [5, 5.41) is 24.0. The molecule has 0 saturated heterocycles. The average molecular weight is 482 g/mol. The van der Waals surface area contributed by atoms with E-state index in [1.54, 1.807) is 0 Å². The molecule has 0 amide bonds. The van der Waals surface area contributed by atoms with Crippen molar-refractivity contribution in [2.24, 2.45) is 0 Å². The van der Waals surface area contributed by atoms with Crippen LogP contribution >= 0.6 is 0 Å². The molecule has 7 nitrogen and oxygen atoms in total. The number of hydrogen-bond acceptors (Lipinski definition) is 5. The third-order valence-corrected chi connectivity index (χ3v) is 7.48. The third kappa shape index (κ3) is 4.22. The van der Waals surface area contributed by atoms with E-state index in [9.17, 15) is 15.2 Å². The SMILES string of the molecule is CCCc1c(C(C)c2ccc(-c3ccccc3C#N)cc2)c(=O)n([C@H]2CC[C@H](O)CC2)c2ncnn12. The van der Waals surface area contributed by atoms with Crippen LogP contribution in [0.3, 0.4) is 0 Å². The highest BCUT2D eigenvalue weighted by atomic mass is 16.3. The number of nitrogens with zero attached hydrogens (tertiary/aromatic N) is 5. The summed E-state index contributed by atoms with van der Waals surface area (Å²) in [4.78, 5) is 18.6. The Morgan fingerprint density at radius 1 is 1.11 bits per heavy atom. The van der Waals surface area contributed by atoms with Crippen LogP contribution in [0.25, 0.3) is 16.9 Å². The zero-order valence-corrected chi connectivity index (χ0v) is 20.8. The van der Waals surface area contributed by atoms with Crippen LogP contribution in [-0.2, 0) is 6.42 Å². The largest absolute Gasteiger partial charge is 0.393 e. The van der Waals surface area contributed by atoms with E-state index in [1.807, 2.05) is 45.5 Å². The van der Waals surface area contributed by atoms with E-state index in [2.05, 4.69) is 42.1 Å². The maximum Gasteiger partial charge on any atom is 0.259 e. The maximum absolute atomic E-state index is 14.1. The summed E-state index contributed by atoms with van der Waals surface area (Å²) in [5.74, 6) is 0.442. The quantitative estimate of drug-likeness (QED) is 0.418. The van der Waals surface area contributed by atoms with Crippen LogP contribution in [0.5, 0.6) is 0 Å². The van der Waals surface area contributed by atoms with Crippen molar-refractivity contribution in [3.05, 3.63) is 87.6 Å².